The Balaban J connectivity index is 1.71. The van der Waals surface area contributed by atoms with Gasteiger partial charge in [0.2, 0.25) is 5.95 Å². The Bertz CT molecular complexity index is 932. The monoisotopic (exact) mass is 396 g/mol. The third kappa shape index (κ3) is 4.70. The summed E-state index contributed by atoms with van der Waals surface area (Å²) < 4.78 is 1.78. The maximum Gasteiger partial charge on any atom is 0.223 e. The minimum absolute atomic E-state index is 0.00710. The lowest BCUT2D eigenvalue weighted by Crippen LogP contribution is -2.20. The first-order chi connectivity index (χ1) is 13.4. The van der Waals surface area contributed by atoms with E-state index in [1.165, 1.54) is 18.1 Å². The normalized spacial score (nSPS) is 15.6. The van der Waals surface area contributed by atoms with Crippen LogP contribution < -0.4 is 10.6 Å². The molecule has 1 aliphatic heterocycles. The van der Waals surface area contributed by atoms with Gasteiger partial charge in [-0.3, -0.25) is 4.68 Å². The van der Waals surface area contributed by atoms with Crippen LogP contribution in [0.2, 0.25) is 0 Å². The van der Waals surface area contributed by atoms with Crippen LogP contribution in [0.5, 0.6) is 0 Å². The molecule has 9 heteroatoms. The molecular weight excluding hydrogens is 372 g/mol. The average molecular weight is 397 g/mol. The van der Waals surface area contributed by atoms with E-state index < -0.39 is 0 Å². The molecule has 2 N–H and O–H groups in total. The molecule has 8 nitrogen and oxygen atoms in total. The molecule has 28 heavy (non-hydrogen) atoms. The zero-order valence-corrected chi connectivity index (χ0v) is 17.3. The molecule has 1 aliphatic rings. The highest BCUT2D eigenvalue weighted by molar-refractivity contribution is 8.06. The largest absolute Gasteiger partial charge is 0.354 e. The van der Waals surface area contributed by atoms with Crippen LogP contribution in [0.25, 0.3) is 5.57 Å². The summed E-state index contributed by atoms with van der Waals surface area (Å²) in [6.07, 6.45) is 5.82. The molecule has 0 radical (unpaired) electrons. The lowest BCUT2D eigenvalue weighted by Gasteiger charge is -2.20. The van der Waals surface area contributed by atoms with Crippen LogP contribution in [0.4, 0.5) is 5.95 Å². The molecule has 0 saturated heterocycles. The van der Waals surface area contributed by atoms with Gasteiger partial charge >= 0.3 is 0 Å². The summed E-state index contributed by atoms with van der Waals surface area (Å²) in [6.45, 7) is 9.79. The highest BCUT2D eigenvalue weighted by Crippen LogP contribution is 2.38. The molecule has 0 aromatic carbocycles. The Morgan fingerprint density at radius 3 is 2.86 bits per heavy atom. The van der Waals surface area contributed by atoms with Crippen molar-refractivity contribution < 1.29 is 0 Å². The van der Waals surface area contributed by atoms with Crippen LogP contribution >= 0.6 is 11.8 Å². The van der Waals surface area contributed by atoms with Crippen LogP contribution in [0.1, 0.15) is 38.4 Å². The minimum atomic E-state index is -0.00710. The van der Waals surface area contributed by atoms with Crippen LogP contribution in [0.15, 0.2) is 35.0 Å². The fourth-order valence-electron chi connectivity index (χ4n) is 2.57. The second-order valence-electron chi connectivity index (χ2n) is 7.50. The van der Waals surface area contributed by atoms with Gasteiger partial charge in [-0.1, -0.05) is 32.5 Å². The molecule has 0 amide bonds. The molecule has 2 aromatic heterocycles. The highest BCUT2D eigenvalue weighted by atomic mass is 32.2. The summed E-state index contributed by atoms with van der Waals surface area (Å²) in [5.41, 5.74) is 3.13. The third-order valence-electron chi connectivity index (χ3n) is 4.21. The number of nitrogens with one attached hydrogen (secondary N) is 2. The van der Waals surface area contributed by atoms with E-state index >= 15 is 0 Å². The van der Waals surface area contributed by atoms with Crippen molar-refractivity contribution in [3.63, 3.8) is 0 Å². The van der Waals surface area contributed by atoms with E-state index in [9.17, 15) is 5.26 Å². The van der Waals surface area contributed by atoms with Crippen LogP contribution in [0.3, 0.4) is 0 Å². The molecule has 0 bridgehead atoms. The standard InChI is InChI=1S/C19H24N8S/c1-13-9-23-18(22-6-5-7-27-12-21-11-24-27)26-16(13)14(8-20)17-25-15(10-28-17)19(2,3)4/h9-12,25H,5-7H2,1-4H3,(H,22,23,26)/b17-14+. The lowest BCUT2D eigenvalue weighted by molar-refractivity contribution is 0.481. The Hall–Kier alpha value is -2.86. The van der Waals surface area contributed by atoms with Gasteiger partial charge in [0.25, 0.3) is 0 Å². The Morgan fingerprint density at radius 1 is 1.39 bits per heavy atom. The van der Waals surface area contributed by atoms with Crippen molar-refractivity contribution in [3.8, 4) is 6.07 Å². The SMILES string of the molecule is Cc1cnc(NCCCn2cncn2)nc1/C(C#N)=C1\NC(C(C)(C)C)=CS1. The number of allylic oxidation sites excluding steroid dienone is 2. The number of nitrogens with zero attached hydrogens (tertiary/aromatic N) is 6. The van der Waals surface area contributed by atoms with Gasteiger partial charge in [0, 0.05) is 30.4 Å². The smallest absolute Gasteiger partial charge is 0.223 e. The van der Waals surface area contributed by atoms with Crippen LogP contribution in [-0.2, 0) is 6.54 Å². The van der Waals surface area contributed by atoms with Crippen molar-refractivity contribution in [2.75, 3.05) is 11.9 Å². The van der Waals surface area contributed by atoms with Gasteiger partial charge in [-0.05, 0) is 24.3 Å². The van der Waals surface area contributed by atoms with Gasteiger partial charge in [-0.2, -0.15) is 10.4 Å². The van der Waals surface area contributed by atoms with E-state index in [0.717, 1.165) is 29.3 Å². The first-order valence-corrected chi connectivity index (χ1v) is 9.95. The number of rotatable bonds is 6. The maximum absolute atomic E-state index is 9.78. The van der Waals surface area contributed by atoms with E-state index in [0.29, 0.717) is 23.8 Å². The van der Waals surface area contributed by atoms with E-state index in [1.54, 1.807) is 17.2 Å². The number of anilines is 1. The summed E-state index contributed by atoms with van der Waals surface area (Å²) in [6, 6.07) is 2.31. The highest BCUT2D eigenvalue weighted by Gasteiger charge is 2.25. The van der Waals surface area contributed by atoms with Gasteiger partial charge < -0.3 is 10.6 Å². The molecule has 0 unspecified atom stereocenters. The molecule has 0 fully saturated rings. The fourth-order valence-corrected chi connectivity index (χ4v) is 3.64. The zero-order chi connectivity index (χ0) is 20.1. The molecule has 0 atom stereocenters. The van der Waals surface area contributed by atoms with E-state index in [-0.39, 0.29) is 5.41 Å². The van der Waals surface area contributed by atoms with Gasteiger partial charge in [0.05, 0.1) is 10.7 Å². The minimum Gasteiger partial charge on any atom is -0.354 e. The quantitative estimate of drug-likeness (QED) is 0.566. The zero-order valence-electron chi connectivity index (χ0n) is 16.5. The van der Waals surface area contributed by atoms with Crippen molar-refractivity contribution >= 4 is 23.3 Å². The van der Waals surface area contributed by atoms with E-state index in [1.807, 2.05) is 6.92 Å². The second kappa shape index (κ2) is 8.44. The summed E-state index contributed by atoms with van der Waals surface area (Å²) >= 11 is 1.53. The predicted octanol–water partition coefficient (Wildman–Crippen LogP) is 3.29. The molecule has 3 rings (SSSR count). The Labute approximate surface area is 169 Å². The molecule has 3 heterocycles. The fraction of sp³-hybridized carbons (Fsp3) is 0.421. The number of aromatic nitrogens is 5. The first kappa shape index (κ1) is 19.9. The van der Waals surface area contributed by atoms with E-state index in [2.05, 4.69) is 62.9 Å². The molecule has 146 valence electrons. The summed E-state index contributed by atoms with van der Waals surface area (Å²) in [4.78, 5) is 12.9. The summed E-state index contributed by atoms with van der Waals surface area (Å²) in [7, 11) is 0. The van der Waals surface area contributed by atoms with Gasteiger partial charge in [0.15, 0.2) is 0 Å². The third-order valence-corrected chi connectivity index (χ3v) is 5.11. The van der Waals surface area contributed by atoms with Gasteiger partial charge in [-0.15, -0.1) is 0 Å². The number of aryl methyl sites for hydroxylation is 2. The predicted molar refractivity (Wildman–Crippen MR) is 111 cm³/mol. The Morgan fingerprint density at radius 2 is 2.21 bits per heavy atom. The van der Waals surface area contributed by atoms with Crippen molar-refractivity contribution in [2.24, 2.45) is 5.41 Å². The molecular formula is C19H24N8S. The number of nitriles is 1. The molecule has 2 aromatic rings. The van der Waals surface area contributed by atoms with Gasteiger partial charge in [0.1, 0.15) is 24.3 Å². The summed E-state index contributed by atoms with van der Waals surface area (Å²) in [5, 5.41) is 23.3. The lowest BCUT2D eigenvalue weighted by atomic mass is 9.93. The molecule has 0 spiro atoms. The van der Waals surface area contributed by atoms with Crippen molar-refractivity contribution in [1.82, 2.24) is 30.0 Å². The van der Waals surface area contributed by atoms with Crippen LogP contribution in [0, 0.1) is 23.7 Å². The summed E-state index contributed by atoms with van der Waals surface area (Å²) in [5.74, 6) is 0.513. The van der Waals surface area contributed by atoms with Gasteiger partial charge in [-0.25, -0.2) is 15.0 Å². The van der Waals surface area contributed by atoms with E-state index in [4.69, 9.17) is 0 Å². The van der Waals surface area contributed by atoms with Crippen LogP contribution in [-0.4, -0.2) is 31.3 Å². The second-order valence-corrected chi connectivity index (χ2v) is 8.38. The molecule has 0 saturated carbocycles. The van der Waals surface area contributed by atoms with Crippen molar-refractivity contribution in [3.05, 3.63) is 46.2 Å². The first-order valence-electron chi connectivity index (χ1n) is 9.07. The average Bonchev–Trinajstić information content (AvgIpc) is 3.33. The number of hydrogen-bond donors (Lipinski definition) is 2. The Kier molecular flexibility index (Phi) is 5.99. The maximum atomic E-state index is 9.78. The van der Waals surface area contributed by atoms with Crippen molar-refractivity contribution in [2.45, 2.75) is 40.7 Å². The molecule has 0 aliphatic carbocycles. The van der Waals surface area contributed by atoms with Crippen molar-refractivity contribution in [1.29, 1.82) is 5.26 Å². The topological polar surface area (TPSA) is 104 Å². The number of thioether (sulfide) groups is 1. The number of hydrogen-bond acceptors (Lipinski definition) is 8.